The number of fused-ring (bicyclic) bond motifs is 1. The lowest BCUT2D eigenvalue weighted by Gasteiger charge is -2.32. The third-order valence-corrected chi connectivity index (χ3v) is 7.87. The number of rotatable bonds is 5. The van der Waals surface area contributed by atoms with Crippen LogP contribution in [0.5, 0.6) is 11.5 Å². The van der Waals surface area contributed by atoms with Gasteiger partial charge in [0.25, 0.3) is 5.79 Å². The highest BCUT2D eigenvalue weighted by atomic mass is 35.5. The van der Waals surface area contributed by atoms with Gasteiger partial charge >= 0.3 is 0 Å². The van der Waals surface area contributed by atoms with Crippen molar-refractivity contribution in [1.29, 1.82) is 0 Å². The molecule has 0 aliphatic carbocycles. The number of para-hydroxylation sites is 1. The second kappa shape index (κ2) is 10.0. The van der Waals surface area contributed by atoms with Gasteiger partial charge in [0.2, 0.25) is 0 Å². The van der Waals surface area contributed by atoms with Crippen LogP contribution in [0.25, 0.3) is 11.1 Å². The minimum Gasteiger partial charge on any atom is -0.444 e. The number of nitrogens with zero attached hydrogens (tertiary/aromatic N) is 3. The monoisotopic (exact) mass is 529 g/mol. The van der Waals surface area contributed by atoms with Crippen molar-refractivity contribution in [3.8, 4) is 22.6 Å². The molecule has 1 unspecified atom stereocenters. The number of aromatic nitrogens is 2. The first-order valence-electron chi connectivity index (χ1n) is 12.9. The zero-order valence-electron chi connectivity index (χ0n) is 21.5. The van der Waals surface area contributed by atoms with Gasteiger partial charge < -0.3 is 9.47 Å². The molecule has 2 aliphatic heterocycles. The molecule has 0 bridgehead atoms. The fraction of sp³-hybridized carbons (Fsp3) is 0.290. The Kier molecular flexibility index (Phi) is 6.54. The number of likely N-dealkylation sites (tertiary alicyclic amines) is 1. The second-order valence-corrected chi connectivity index (χ2v) is 10.7. The van der Waals surface area contributed by atoms with Gasteiger partial charge in [0.05, 0.1) is 11.3 Å². The third kappa shape index (κ3) is 4.74. The van der Waals surface area contributed by atoms with Gasteiger partial charge in [0.15, 0.2) is 11.5 Å². The summed E-state index contributed by atoms with van der Waals surface area (Å²) in [6, 6.07) is 16.8. The zero-order valence-corrected chi connectivity index (χ0v) is 22.2. The Morgan fingerprint density at radius 3 is 2.55 bits per heavy atom. The molecule has 0 saturated carbocycles. The summed E-state index contributed by atoms with van der Waals surface area (Å²) in [6.45, 7) is 6.64. The van der Waals surface area contributed by atoms with E-state index in [0.29, 0.717) is 28.0 Å². The van der Waals surface area contributed by atoms with Gasteiger partial charge in [0.1, 0.15) is 5.82 Å². The van der Waals surface area contributed by atoms with E-state index in [2.05, 4.69) is 28.9 Å². The lowest BCUT2D eigenvalue weighted by Crippen LogP contribution is -2.34. The Bertz CT molecular complexity index is 1470. The van der Waals surface area contributed by atoms with E-state index in [1.807, 2.05) is 30.5 Å². The maximum absolute atomic E-state index is 14.7. The Hall–Kier alpha value is -3.48. The number of halogens is 2. The van der Waals surface area contributed by atoms with E-state index in [0.717, 1.165) is 54.9 Å². The van der Waals surface area contributed by atoms with Crippen LogP contribution in [0, 0.1) is 12.7 Å². The quantitative estimate of drug-likeness (QED) is 0.272. The van der Waals surface area contributed by atoms with Crippen molar-refractivity contribution in [3.63, 3.8) is 0 Å². The highest BCUT2D eigenvalue weighted by Crippen LogP contribution is 2.49. The summed E-state index contributed by atoms with van der Waals surface area (Å²) < 4.78 is 27.2. The standard InChI is InChI=1S/C31H29ClFN3O2/c1-20-16-23(21-8-12-34-13-9-21)18-35-28(20)19-36-14-10-22(11-15-36)25-4-3-5-29-30(25)38-31(2,37-29)26-7-6-24(32)17-27(26)33/h3-9,12-13,16-18,22H,10-11,14-15,19H2,1-2H3. The lowest BCUT2D eigenvalue weighted by atomic mass is 9.88. The molecule has 4 aromatic rings. The molecular formula is C31H29ClFN3O2. The number of hydrogen-bond donors (Lipinski definition) is 0. The van der Waals surface area contributed by atoms with E-state index < -0.39 is 11.6 Å². The van der Waals surface area contributed by atoms with Crippen molar-refractivity contribution in [3.05, 3.63) is 106 Å². The van der Waals surface area contributed by atoms with Gasteiger partial charge in [-0.3, -0.25) is 14.9 Å². The van der Waals surface area contributed by atoms with E-state index in [1.54, 1.807) is 31.5 Å². The molecule has 1 fully saturated rings. The average molecular weight is 530 g/mol. The van der Waals surface area contributed by atoms with Crippen molar-refractivity contribution >= 4 is 11.6 Å². The fourth-order valence-corrected chi connectivity index (χ4v) is 5.68. The predicted molar refractivity (Wildman–Crippen MR) is 146 cm³/mol. The minimum absolute atomic E-state index is 0.330. The first kappa shape index (κ1) is 24.8. The topological polar surface area (TPSA) is 47.5 Å². The molecule has 5 nitrogen and oxygen atoms in total. The Labute approximate surface area is 227 Å². The van der Waals surface area contributed by atoms with Crippen molar-refractivity contribution in [2.24, 2.45) is 0 Å². The number of pyridine rings is 2. The summed E-state index contributed by atoms with van der Waals surface area (Å²) in [5.74, 6) is 0.0213. The molecule has 6 rings (SSSR count). The van der Waals surface area contributed by atoms with E-state index in [1.165, 1.54) is 11.6 Å². The summed E-state index contributed by atoms with van der Waals surface area (Å²) in [4.78, 5) is 11.4. The molecule has 2 aromatic heterocycles. The smallest absolute Gasteiger partial charge is 0.278 e. The molecule has 38 heavy (non-hydrogen) atoms. The van der Waals surface area contributed by atoms with Crippen LogP contribution in [0.2, 0.25) is 5.02 Å². The van der Waals surface area contributed by atoms with Gasteiger partial charge in [-0.25, -0.2) is 4.39 Å². The van der Waals surface area contributed by atoms with Crippen LogP contribution in [-0.2, 0) is 12.3 Å². The zero-order chi connectivity index (χ0) is 26.3. The molecule has 0 spiro atoms. The molecule has 7 heteroatoms. The van der Waals surface area contributed by atoms with Gasteiger partial charge in [-0.05, 0) is 92.4 Å². The first-order chi connectivity index (χ1) is 18.4. The van der Waals surface area contributed by atoms with Gasteiger partial charge in [-0.1, -0.05) is 23.7 Å². The normalized spacial score (nSPS) is 19.6. The second-order valence-electron chi connectivity index (χ2n) is 10.2. The molecule has 1 atom stereocenters. The molecule has 2 aromatic carbocycles. The SMILES string of the molecule is Cc1cc(-c2ccncc2)cnc1CN1CCC(c2cccc3c2OC(C)(c2ccc(Cl)cc2F)O3)CC1. The number of benzene rings is 2. The van der Waals surface area contributed by atoms with Crippen LogP contribution in [-0.4, -0.2) is 28.0 Å². The summed E-state index contributed by atoms with van der Waals surface area (Å²) >= 11 is 5.96. The Balaban J connectivity index is 1.13. The summed E-state index contributed by atoms with van der Waals surface area (Å²) in [5.41, 5.74) is 5.99. The molecule has 0 N–H and O–H groups in total. The van der Waals surface area contributed by atoms with Crippen molar-refractivity contribution < 1.29 is 13.9 Å². The van der Waals surface area contributed by atoms with Crippen LogP contribution < -0.4 is 9.47 Å². The van der Waals surface area contributed by atoms with Crippen LogP contribution in [0.3, 0.4) is 0 Å². The van der Waals surface area contributed by atoms with Gasteiger partial charge in [-0.2, -0.15) is 0 Å². The summed E-state index contributed by atoms with van der Waals surface area (Å²) in [6.07, 6.45) is 7.56. The van der Waals surface area contributed by atoms with E-state index in [4.69, 9.17) is 26.1 Å². The number of aryl methyl sites for hydroxylation is 1. The Morgan fingerprint density at radius 2 is 1.82 bits per heavy atom. The van der Waals surface area contributed by atoms with Gasteiger partial charge in [-0.15, -0.1) is 0 Å². The molecule has 0 amide bonds. The van der Waals surface area contributed by atoms with Crippen LogP contribution in [0.4, 0.5) is 4.39 Å². The lowest BCUT2D eigenvalue weighted by molar-refractivity contribution is -0.0712. The predicted octanol–water partition coefficient (Wildman–Crippen LogP) is 7.27. The third-order valence-electron chi connectivity index (χ3n) is 7.63. The Morgan fingerprint density at radius 1 is 1.03 bits per heavy atom. The molecule has 4 heterocycles. The fourth-order valence-electron chi connectivity index (χ4n) is 5.52. The summed E-state index contributed by atoms with van der Waals surface area (Å²) in [5, 5.41) is 0.341. The van der Waals surface area contributed by atoms with E-state index in [-0.39, 0.29) is 0 Å². The van der Waals surface area contributed by atoms with Crippen molar-refractivity contribution in [1.82, 2.24) is 14.9 Å². The van der Waals surface area contributed by atoms with Crippen LogP contribution in [0.15, 0.2) is 73.2 Å². The van der Waals surface area contributed by atoms with Crippen molar-refractivity contribution in [2.75, 3.05) is 13.1 Å². The molecule has 1 saturated heterocycles. The molecule has 194 valence electrons. The number of ether oxygens (including phenoxy) is 2. The van der Waals surface area contributed by atoms with Crippen LogP contribution in [0.1, 0.15) is 48.1 Å². The first-order valence-corrected chi connectivity index (χ1v) is 13.3. The highest BCUT2D eigenvalue weighted by Gasteiger charge is 2.42. The molecular weight excluding hydrogens is 501 g/mol. The van der Waals surface area contributed by atoms with Crippen LogP contribution >= 0.6 is 11.6 Å². The molecule has 0 radical (unpaired) electrons. The maximum atomic E-state index is 14.7. The average Bonchev–Trinajstić information content (AvgIpc) is 3.28. The summed E-state index contributed by atoms with van der Waals surface area (Å²) in [7, 11) is 0. The van der Waals surface area contributed by atoms with E-state index in [9.17, 15) is 4.39 Å². The minimum atomic E-state index is -1.24. The largest absolute Gasteiger partial charge is 0.444 e. The number of piperidine rings is 1. The van der Waals surface area contributed by atoms with Gasteiger partial charge in [0, 0.05) is 48.2 Å². The van der Waals surface area contributed by atoms with E-state index >= 15 is 0 Å². The highest BCUT2D eigenvalue weighted by molar-refractivity contribution is 6.30. The van der Waals surface area contributed by atoms with Crippen molar-refractivity contribution in [2.45, 2.75) is 44.9 Å². The maximum Gasteiger partial charge on any atom is 0.278 e. The molecule has 2 aliphatic rings. The number of hydrogen-bond acceptors (Lipinski definition) is 5.